The Kier molecular flexibility index (Phi) is 7.17. The van der Waals surface area contributed by atoms with Crippen LogP contribution in [0.15, 0.2) is 0 Å². The Hall–Kier alpha value is -0.160. The molecule has 0 aromatic rings. The van der Waals surface area contributed by atoms with Crippen molar-refractivity contribution in [1.29, 1.82) is 0 Å². The number of hydrogen-bond donors (Lipinski definition) is 2. The molecule has 4 heteroatoms. The molecule has 0 saturated carbocycles. The lowest BCUT2D eigenvalue weighted by Gasteiger charge is -2.20. The van der Waals surface area contributed by atoms with Gasteiger partial charge in [-0.3, -0.25) is 0 Å². The van der Waals surface area contributed by atoms with Crippen molar-refractivity contribution < 1.29 is 9.84 Å². The third kappa shape index (κ3) is 6.95. The molecule has 0 radical (unpaired) electrons. The zero-order chi connectivity index (χ0) is 10.3. The average molecular weight is 190 g/mol. The first-order chi connectivity index (χ1) is 6.07. The number of aliphatic hydroxyl groups excluding tert-OH is 1. The van der Waals surface area contributed by atoms with E-state index in [1.54, 1.807) is 7.11 Å². The quantitative estimate of drug-likeness (QED) is 0.570. The van der Waals surface area contributed by atoms with Crippen LogP contribution in [-0.4, -0.2) is 63.1 Å². The Bertz CT molecular complexity index is 120. The molecule has 2 N–H and O–H groups in total. The maximum absolute atomic E-state index is 9.30. The summed E-state index contributed by atoms with van der Waals surface area (Å²) < 4.78 is 4.81. The van der Waals surface area contributed by atoms with Crippen LogP contribution >= 0.6 is 0 Å². The SMILES string of the molecule is COCC(O)CNCC(C)N(C)C. The zero-order valence-electron chi connectivity index (χ0n) is 9.08. The van der Waals surface area contributed by atoms with Gasteiger partial charge in [0.15, 0.2) is 0 Å². The van der Waals surface area contributed by atoms with Crippen molar-refractivity contribution >= 4 is 0 Å². The van der Waals surface area contributed by atoms with Gasteiger partial charge in [-0.25, -0.2) is 0 Å². The fraction of sp³-hybridized carbons (Fsp3) is 1.00. The topological polar surface area (TPSA) is 44.7 Å². The predicted molar refractivity (Wildman–Crippen MR) is 53.9 cm³/mol. The molecule has 0 aromatic heterocycles. The summed E-state index contributed by atoms with van der Waals surface area (Å²) in [5, 5.41) is 12.5. The first kappa shape index (κ1) is 12.8. The van der Waals surface area contributed by atoms with Gasteiger partial charge < -0.3 is 20.1 Å². The van der Waals surface area contributed by atoms with Gasteiger partial charge in [0.25, 0.3) is 0 Å². The number of nitrogens with zero attached hydrogens (tertiary/aromatic N) is 1. The second-order valence-corrected chi connectivity index (χ2v) is 3.58. The average Bonchev–Trinajstić information content (AvgIpc) is 2.04. The summed E-state index contributed by atoms with van der Waals surface area (Å²) >= 11 is 0. The highest BCUT2D eigenvalue weighted by Crippen LogP contribution is 1.88. The summed E-state index contributed by atoms with van der Waals surface area (Å²) in [7, 11) is 5.67. The molecule has 0 rings (SSSR count). The molecule has 0 aliphatic carbocycles. The number of methoxy groups -OCH3 is 1. The molecule has 0 amide bonds. The highest BCUT2D eigenvalue weighted by atomic mass is 16.5. The van der Waals surface area contributed by atoms with Gasteiger partial charge >= 0.3 is 0 Å². The molecule has 0 bridgehead atoms. The lowest BCUT2D eigenvalue weighted by Crippen LogP contribution is -2.39. The molecule has 0 saturated heterocycles. The molecule has 0 aliphatic rings. The highest BCUT2D eigenvalue weighted by molar-refractivity contribution is 4.65. The van der Waals surface area contributed by atoms with Crippen molar-refractivity contribution in [1.82, 2.24) is 10.2 Å². The monoisotopic (exact) mass is 190 g/mol. The molecule has 0 fully saturated rings. The van der Waals surface area contributed by atoms with Crippen molar-refractivity contribution in [2.24, 2.45) is 0 Å². The number of ether oxygens (including phenoxy) is 1. The third-order valence-corrected chi connectivity index (χ3v) is 2.06. The second-order valence-electron chi connectivity index (χ2n) is 3.58. The summed E-state index contributed by atoms with van der Waals surface area (Å²) in [6.07, 6.45) is -0.403. The predicted octanol–water partition coefficient (Wildman–Crippen LogP) is -0.467. The van der Waals surface area contributed by atoms with E-state index in [9.17, 15) is 5.11 Å². The van der Waals surface area contributed by atoms with Crippen LogP contribution in [0.4, 0.5) is 0 Å². The van der Waals surface area contributed by atoms with Crippen molar-refractivity contribution in [3.63, 3.8) is 0 Å². The minimum absolute atomic E-state index is 0.392. The van der Waals surface area contributed by atoms with E-state index in [0.29, 0.717) is 19.2 Å². The zero-order valence-corrected chi connectivity index (χ0v) is 9.08. The second kappa shape index (κ2) is 7.26. The van der Waals surface area contributed by atoms with Crippen molar-refractivity contribution in [3.8, 4) is 0 Å². The molecular formula is C9H22N2O2. The molecule has 4 nitrogen and oxygen atoms in total. The molecule has 80 valence electrons. The summed E-state index contributed by atoms with van der Waals surface area (Å²) in [4.78, 5) is 2.13. The maximum atomic E-state index is 9.30. The number of hydrogen-bond acceptors (Lipinski definition) is 4. The van der Waals surface area contributed by atoms with Gasteiger partial charge in [0.1, 0.15) is 0 Å². The maximum Gasteiger partial charge on any atom is 0.0897 e. The Labute approximate surface area is 80.9 Å². The largest absolute Gasteiger partial charge is 0.389 e. The molecule has 0 heterocycles. The molecule has 2 atom stereocenters. The van der Waals surface area contributed by atoms with Crippen LogP contribution in [0.3, 0.4) is 0 Å². The number of aliphatic hydroxyl groups is 1. The number of nitrogens with one attached hydrogen (secondary N) is 1. The van der Waals surface area contributed by atoms with Gasteiger partial charge in [-0.15, -0.1) is 0 Å². The first-order valence-corrected chi connectivity index (χ1v) is 4.62. The minimum atomic E-state index is -0.403. The summed E-state index contributed by atoms with van der Waals surface area (Å²) in [6, 6.07) is 0.481. The lowest BCUT2D eigenvalue weighted by atomic mass is 10.3. The first-order valence-electron chi connectivity index (χ1n) is 4.62. The van der Waals surface area contributed by atoms with E-state index in [0.717, 1.165) is 6.54 Å². The fourth-order valence-electron chi connectivity index (χ4n) is 0.893. The summed E-state index contributed by atoms with van der Waals surface area (Å²) in [5.74, 6) is 0. The van der Waals surface area contributed by atoms with E-state index in [-0.39, 0.29) is 0 Å². The number of rotatable bonds is 7. The summed E-state index contributed by atoms with van der Waals surface area (Å²) in [5.41, 5.74) is 0. The standard InChI is InChI=1S/C9H22N2O2/c1-8(11(2)3)5-10-6-9(12)7-13-4/h8-10,12H,5-7H2,1-4H3. The van der Waals surface area contributed by atoms with Crippen molar-refractivity contribution in [2.75, 3.05) is 40.9 Å². The molecule has 13 heavy (non-hydrogen) atoms. The van der Waals surface area contributed by atoms with Crippen LogP contribution in [0.2, 0.25) is 0 Å². The van der Waals surface area contributed by atoms with Gasteiger partial charge in [-0.05, 0) is 21.0 Å². The van der Waals surface area contributed by atoms with Crippen LogP contribution in [0.25, 0.3) is 0 Å². The van der Waals surface area contributed by atoms with Crippen molar-refractivity contribution in [3.05, 3.63) is 0 Å². The van der Waals surface area contributed by atoms with E-state index in [4.69, 9.17) is 4.74 Å². The molecule has 0 aromatic carbocycles. The van der Waals surface area contributed by atoms with E-state index in [2.05, 4.69) is 17.1 Å². The van der Waals surface area contributed by atoms with E-state index >= 15 is 0 Å². The van der Waals surface area contributed by atoms with Crippen LogP contribution in [0.5, 0.6) is 0 Å². The molecular weight excluding hydrogens is 168 g/mol. The summed E-state index contributed by atoms with van der Waals surface area (Å²) in [6.45, 7) is 4.00. The normalized spacial score (nSPS) is 16.2. The Balaban J connectivity index is 3.33. The van der Waals surface area contributed by atoms with E-state index < -0.39 is 6.10 Å². The lowest BCUT2D eigenvalue weighted by molar-refractivity contribution is 0.0637. The fourth-order valence-corrected chi connectivity index (χ4v) is 0.893. The van der Waals surface area contributed by atoms with Gasteiger partial charge in [0.05, 0.1) is 12.7 Å². The van der Waals surface area contributed by atoms with Gasteiger partial charge in [0, 0.05) is 26.2 Å². The Morgan fingerprint density at radius 2 is 2.00 bits per heavy atom. The van der Waals surface area contributed by atoms with Crippen LogP contribution in [-0.2, 0) is 4.74 Å². The van der Waals surface area contributed by atoms with E-state index in [1.165, 1.54) is 0 Å². The van der Waals surface area contributed by atoms with Gasteiger partial charge in [0.2, 0.25) is 0 Å². The van der Waals surface area contributed by atoms with Crippen LogP contribution in [0.1, 0.15) is 6.92 Å². The third-order valence-electron chi connectivity index (χ3n) is 2.06. The molecule has 0 spiro atoms. The Morgan fingerprint density at radius 1 is 1.38 bits per heavy atom. The van der Waals surface area contributed by atoms with Crippen molar-refractivity contribution in [2.45, 2.75) is 19.1 Å². The van der Waals surface area contributed by atoms with Gasteiger partial charge in [-0.1, -0.05) is 0 Å². The molecule has 2 unspecified atom stereocenters. The van der Waals surface area contributed by atoms with E-state index in [1.807, 2.05) is 14.1 Å². The number of likely N-dealkylation sites (N-methyl/N-ethyl adjacent to an activating group) is 1. The van der Waals surface area contributed by atoms with Gasteiger partial charge in [-0.2, -0.15) is 0 Å². The van der Waals surface area contributed by atoms with Crippen LogP contribution < -0.4 is 5.32 Å². The van der Waals surface area contributed by atoms with Crippen LogP contribution in [0, 0.1) is 0 Å². The molecule has 0 aliphatic heterocycles. The smallest absolute Gasteiger partial charge is 0.0897 e. The Morgan fingerprint density at radius 3 is 2.46 bits per heavy atom. The minimum Gasteiger partial charge on any atom is -0.389 e. The highest BCUT2D eigenvalue weighted by Gasteiger charge is 2.06.